The third kappa shape index (κ3) is 4.51. The standard InChI is InChI=1S/C21H27NO5/c1-20(2,3)14-8-10-15(11-9-14)27-21(4,5)16-12-18(25-6)19(26-7)13-17(16)22(23)24/h8-13H,1-7H3. The molecule has 6 nitrogen and oxygen atoms in total. The lowest BCUT2D eigenvalue weighted by molar-refractivity contribution is -0.386. The Morgan fingerprint density at radius 1 is 0.889 bits per heavy atom. The van der Waals surface area contributed by atoms with E-state index in [4.69, 9.17) is 14.2 Å². The zero-order valence-corrected chi connectivity index (χ0v) is 17.0. The quantitative estimate of drug-likeness (QED) is 0.512. The Morgan fingerprint density at radius 2 is 1.41 bits per heavy atom. The molecule has 6 heteroatoms. The van der Waals surface area contributed by atoms with E-state index in [1.54, 1.807) is 19.9 Å². The van der Waals surface area contributed by atoms with Gasteiger partial charge in [-0.3, -0.25) is 10.1 Å². The van der Waals surface area contributed by atoms with Crippen molar-refractivity contribution < 1.29 is 19.1 Å². The van der Waals surface area contributed by atoms with Crippen LogP contribution >= 0.6 is 0 Å². The monoisotopic (exact) mass is 373 g/mol. The second-order valence-electron chi connectivity index (χ2n) is 7.87. The summed E-state index contributed by atoms with van der Waals surface area (Å²) in [6.07, 6.45) is 0. The van der Waals surface area contributed by atoms with Crippen molar-refractivity contribution in [3.63, 3.8) is 0 Å². The Hall–Kier alpha value is -2.76. The maximum atomic E-state index is 11.6. The van der Waals surface area contributed by atoms with E-state index >= 15 is 0 Å². The van der Waals surface area contributed by atoms with Gasteiger partial charge in [-0.15, -0.1) is 0 Å². The van der Waals surface area contributed by atoms with Gasteiger partial charge in [0.05, 0.1) is 30.8 Å². The molecule has 0 aliphatic carbocycles. The van der Waals surface area contributed by atoms with Crippen molar-refractivity contribution in [1.29, 1.82) is 0 Å². The third-order valence-corrected chi connectivity index (χ3v) is 4.44. The van der Waals surface area contributed by atoms with E-state index in [0.717, 1.165) is 0 Å². The summed E-state index contributed by atoms with van der Waals surface area (Å²) in [7, 11) is 2.94. The molecule has 2 rings (SSSR count). The van der Waals surface area contributed by atoms with Crippen LogP contribution in [0.25, 0.3) is 0 Å². The van der Waals surface area contributed by atoms with Crippen molar-refractivity contribution in [2.75, 3.05) is 14.2 Å². The van der Waals surface area contributed by atoms with E-state index in [1.165, 1.54) is 25.8 Å². The van der Waals surface area contributed by atoms with Crippen LogP contribution in [0.4, 0.5) is 5.69 Å². The largest absolute Gasteiger partial charge is 0.493 e. The van der Waals surface area contributed by atoms with Crippen LogP contribution in [0, 0.1) is 10.1 Å². The van der Waals surface area contributed by atoms with Crippen LogP contribution in [-0.2, 0) is 11.0 Å². The first-order valence-corrected chi connectivity index (χ1v) is 8.70. The number of ether oxygens (including phenoxy) is 3. The normalized spacial score (nSPS) is 11.8. The van der Waals surface area contributed by atoms with E-state index in [2.05, 4.69) is 20.8 Å². The van der Waals surface area contributed by atoms with Gasteiger partial charge in [-0.25, -0.2) is 0 Å². The number of hydrogen-bond acceptors (Lipinski definition) is 5. The maximum Gasteiger partial charge on any atom is 0.280 e. The molecule has 0 saturated carbocycles. The van der Waals surface area contributed by atoms with Crippen molar-refractivity contribution in [2.24, 2.45) is 0 Å². The highest BCUT2D eigenvalue weighted by Crippen LogP contribution is 2.41. The van der Waals surface area contributed by atoms with Crippen LogP contribution in [0.1, 0.15) is 45.7 Å². The first kappa shape index (κ1) is 20.6. The van der Waals surface area contributed by atoms with Gasteiger partial charge >= 0.3 is 0 Å². The molecule has 0 spiro atoms. The number of benzene rings is 2. The summed E-state index contributed by atoms with van der Waals surface area (Å²) >= 11 is 0. The molecule has 0 aliphatic rings. The van der Waals surface area contributed by atoms with Gasteiger partial charge in [0.1, 0.15) is 11.4 Å². The SMILES string of the molecule is COc1cc([N+](=O)[O-])c(C(C)(C)Oc2ccc(C(C)(C)C)cc2)cc1OC. The van der Waals surface area contributed by atoms with Crippen molar-refractivity contribution in [2.45, 2.75) is 45.6 Å². The number of rotatable bonds is 6. The molecule has 0 fully saturated rings. The molecule has 0 saturated heterocycles. The second kappa shape index (κ2) is 7.47. The molecule has 146 valence electrons. The summed E-state index contributed by atoms with van der Waals surface area (Å²) in [6.45, 7) is 10.00. The number of hydrogen-bond donors (Lipinski definition) is 0. The maximum absolute atomic E-state index is 11.6. The van der Waals surface area contributed by atoms with Gasteiger partial charge in [0.15, 0.2) is 11.5 Å². The predicted octanol–water partition coefficient (Wildman–Crippen LogP) is 5.22. The van der Waals surface area contributed by atoms with E-state index in [0.29, 0.717) is 22.8 Å². The Morgan fingerprint density at radius 3 is 1.85 bits per heavy atom. The van der Waals surface area contributed by atoms with Crippen LogP contribution in [0.3, 0.4) is 0 Å². The van der Waals surface area contributed by atoms with E-state index in [1.807, 2.05) is 24.3 Å². The Kier molecular flexibility index (Phi) is 5.68. The molecule has 0 amide bonds. The lowest BCUT2D eigenvalue weighted by Crippen LogP contribution is -2.26. The molecule has 0 N–H and O–H groups in total. The van der Waals surface area contributed by atoms with E-state index < -0.39 is 10.5 Å². The average Bonchev–Trinajstić information content (AvgIpc) is 2.59. The minimum atomic E-state index is -0.953. The fraction of sp³-hybridized carbons (Fsp3) is 0.429. The van der Waals surface area contributed by atoms with Crippen molar-refractivity contribution in [1.82, 2.24) is 0 Å². The molecule has 27 heavy (non-hydrogen) atoms. The van der Waals surface area contributed by atoms with Crippen molar-refractivity contribution >= 4 is 5.69 Å². The molecular weight excluding hydrogens is 346 g/mol. The van der Waals surface area contributed by atoms with E-state index in [-0.39, 0.29) is 11.1 Å². The molecule has 0 radical (unpaired) electrons. The lowest BCUT2D eigenvalue weighted by atomic mass is 9.87. The van der Waals surface area contributed by atoms with Gasteiger partial charge < -0.3 is 14.2 Å². The summed E-state index contributed by atoms with van der Waals surface area (Å²) in [5.41, 5.74) is 0.597. The lowest BCUT2D eigenvalue weighted by Gasteiger charge is -2.28. The minimum Gasteiger partial charge on any atom is -0.493 e. The second-order valence-corrected chi connectivity index (χ2v) is 7.87. The summed E-state index contributed by atoms with van der Waals surface area (Å²) in [6, 6.07) is 10.7. The smallest absolute Gasteiger partial charge is 0.280 e. The highest BCUT2D eigenvalue weighted by molar-refractivity contribution is 5.56. The van der Waals surface area contributed by atoms with E-state index in [9.17, 15) is 10.1 Å². The van der Waals surface area contributed by atoms with Gasteiger partial charge in [-0.1, -0.05) is 32.9 Å². The number of methoxy groups -OCH3 is 2. The molecule has 2 aromatic rings. The van der Waals surface area contributed by atoms with Gasteiger partial charge in [0.2, 0.25) is 0 Å². The molecule has 0 aromatic heterocycles. The number of nitro benzene ring substituents is 1. The van der Waals surface area contributed by atoms with Crippen molar-refractivity contribution in [3.8, 4) is 17.2 Å². The fourth-order valence-electron chi connectivity index (χ4n) is 2.87. The van der Waals surface area contributed by atoms with Crippen molar-refractivity contribution in [3.05, 3.63) is 57.6 Å². The fourth-order valence-corrected chi connectivity index (χ4v) is 2.87. The van der Waals surface area contributed by atoms with Crippen LogP contribution in [0.2, 0.25) is 0 Å². The predicted molar refractivity (Wildman–Crippen MR) is 105 cm³/mol. The Balaban J connectivity index is 2.44. The zero-order chi connectivity index (χ0) is 20.4. The van der Waals surface area contributed by atoms with Gasteiger partial charge in [0.25, 0.3) is 5.69 Å². The number of nitrogens with zero attached hydrogens (tertiary/aromatic N) is 1. The molecule has 0 atom stereocenters. The van der Waals surface area contributed by atoms with Gasteiger partial charge in [-0.2, -0.15) is 0 Å². The summed E-state index contributed by atoms with van der Waals surface area (Å²) in [4.78, 5) is 11.2. The van der Waals surface area contributed by atoms with Gasteiger partial charge in [-0.05, 0) is 43.0 Å². The van der Waals surface area contributed by atoms with Crippen LogP contribution in [0.5, 0.6) is 17.2 Å². The summed E-state index contributed by atoms with van der Waals surface area (Å²) in [5, 5.41) is 11.6. The Labute approximate surface area is 160 Å². The first-order valence-electron chi connectivity index (χ1n) is 8.70. The highest BCUT2D eigenvalue weighted by Gasteiger charge is 2.33. The third-order valence-electron chi connectivity index (χ3n) is 4.44. The first-order chi connectivity index (χ1) is 12.5. The van der Waals surface area contributed by atoms with Crippen LogP contribution < -0.4 is 14.2 Å². The van der Waals surface area contributed by atoms with Crippen LogP contribution in [0.15, 0.2) is 36.4 Å². The molecule has 0 bridgehead atoms. The minimum absolute atomic E-state index is 0.0379. The zero-order valence-electron chi connectivity index (χ0n) is 17.0. The molecular formula is C21H27NO5. The molecule has 2 aromatic carbocycles. The van der Waals surface area contributed by atoms with Crippen LogP contribution in [-0.4, -0.2) is 19.1 Å². The highest BCUT2D eigenvalue weighted by atomic mass is 16.6. The molecule has 0 heterocycles. The average molecular weight is 373 g/mol. The van der Waals surface area contributed by atoms with Gasteiger partial charge in [0, 0.05) is 0 Å². The summed E-state index contributed by atoms with van der Waals surface area (Å²) < 4.78 is 16.6. The number of nitro groups is 1. The Bertz CT molecular complexity index is 820. The summed E-state index contributed by atoms with van der Waals surface area (Å²) in [5.74, 6) is 1.35. The topological polar surface area (TPSA) is 70.8 Å². The molecule has 0 unspecified atom stereocenters. The molecule has 0 aliphatic heterocycles.